The van der Waals surface area contributed by atoms with Gasteiger partial charge in [-0.1, -0.05) is 73.7 Å². The number of hydrogen-bond acceptors (Lipinski definition) is 0. The van der Waals surface area contributed by atoms with Gasteiger partial charge in [0, 0.05) is 0 Å². The minimum absolute atomic E-state index is 0.629. The van der Waals surface area contributed by atoms with Crippen LogP contribution in [0.3, 0.4) is 0 Å². The number of rotatable bonds is 3. The minimum Gasteiger partial charge on any atom is -0.166 e. The van der Waals surface area contributed by atoms with E-state index >= 15 is 0 Å². The molecular weight excluding hydrogens is 357 g/mol. The molecule has 0 heterocycles. The van der Waals surface area contributed by atoms with E-state index in [1.54, 1.807) is 0 Å². The first kappa shape index (κ1) is 18.3. The Kier molecular flexibility index (Phi) is 4.68. The van der Waals surface area contributed by atoms with Crippen LogP contribution in [0.2, 0.25) is 0 Å². The van der Waals surface area contributed by atoms with E-state index in [0.717, 1.165) is 40.8 Å². The lowest BCUT2D eigenvalue weighted by Crippen LogP contribution is -2.03. The van der Waals surface area contributed by atoms with E-state index in [1.807, 2.05) is 24.3 Å². The van der Waals surface area contributed by atoms with Gasteiger partial charge < -0.3 is 0 Å². The molecule has 0 amide bonds. The van der Waals surface area contributed by atoms with Crippen LogP contribution >= 0.6 is 0 Å². The van der Waals surface area contributed by atoms with Crippen LogP contribution in [0.5, 0.6) is 0 Å². The SMILES string of the molecule is CCc1ccc2cc(-c3ccc(-c4ccc(C(F)(F)F)cc4)cc3)ccc2c1. The van der Waals surface area contributed by atoms with Crippen molar-refractivity contribution in [3.05, 3.63) is 96.1 Å². The van der Waals surface area contributed by atoms with Gasteiger partial charge in [-0.05, 0) is 63.2 Å². The first-order valence-electron chi connectivity index (χ1n) is 9.25. The predicted octanol–water partition coefficient (Wildman–Crippen LogP) is 7.76. The van der Waals surface area contributed by atoms with E-state index in [0.29, 0.717) is 0 Å². The van der Waals surface area contributed by atoms with Gasteiger partial charge in [0.1, 0.15) is 0 Å². The zero-order valence-electron chi connectivity index (χ0n) is 15.4. The van der Waals surface area contributed by atoms with Gasteiger partial charge in [-0.25, -0.2) is 0 Å². The van der Waals surface area contributed by atoms with Crippen LogP contribution in [0.1, 0.15) is 18.1 Å². The minimum atomic E-state index is -4.31. The van der Waals surface area contributed by atoms with Crippen molar-refractivity contribution in [2.45, 2.75) is 19.5 Å². The van der Waals surface area contributed by atoms with E-state index < -0.39 is 11.7 Å². The number of halogens is 3. The molecule has 0 bridgehead atoms. The van der Waals surface area contributed by atoms with Crippen LogP contribution in [0.15, 0.2) is 84.9 Å². The zero-order valence-corrected chi connectivity index (χ0v) is 15.4. The number of hydrogen-bond donors (Lipinski definition) is 0. The van der Waals surface area contributed by atoms with Crippen LogP contribution in [-0.4, -0.2) is 0 Å². The third-order valence-electron chi connectivity index (χ3n) is 5.08. The average Bonchev–Trinajstić information content (AvgIpc) is 2.72. The first-order valence-corrected chi connectivity index (χ1v) is 9.25. The summed E-state index contributed by atoms with van der Waals surface area (Å²) in [6, 6.07) is 26.1. The highest BCUT2D eigenvalue weighted by Gasteiger charge is 2.29. The Bertz CT molecular complexity index is 1110. The monoisotopic (exact) mass is 376 g/mol. The fourth-order valence-corrected chi connectivity index (χ4v) is 3.40. The molecule has 0 unspecified atom stereocenters. The molecule has 0 aromatic heterocycles. The quantitative estimate of drug-likeness (QED) is 0.343. The Morgan fingerprint density at radius 3 is 1.61 bits per heavy atom. The predicted molar refractivity (Wildman–Crippen MR) is 109 cm³/mol. The molecule has 0 N–H and O–H groups in total. The lowest BCUT2D eigenvalue weighted by atomic mass is 9.97. The van der Waals surface area contributed by atoms with Crippen molar-refractivity contribution in [3.8, 4) is 22.3 Å². The molecule has 4 aromatic carbocycles. The van der Waals surface area contributed by atoms with Crippen molar-refractivity contribution >= 4 is 10.8 Å². The normalized spacial score (nSPS) is 11.7. The van der Waals surface area contributed by atoms with Crippen molar-refractivity contribution in [1.29, 1.82) is 0 Å². The van der Waals surface area contributed by atoms with E-state index in [2.05, 4.69) is 43.3 Å². The zero-order chi connectivity index (χ0) is 19.7. The fourth-order valence-electron chi connectivity index (χ4n) is 3.40. The average molecular weight is 376 g/mol. The highest BCUT2D eigenvalue weighted by atomic mass is 19.4. The topological polar surface area (TPSA) is 0 Å². The number of fused-ring (bicyclic) bond motifs is 1. The second kappa shape index (κ2) is 7.16. The molecule has 0 aliphatic rings. The van der Waals surface area contributed by atoms with Crippen molar-refractivity contribution in [2.75, 3.05) is 0 Å². The van der Waals surface area contributed by atoms with Crippen LogP contribution in [0.25, 0.3) is 33.0 Å². The molecule has 140 valence electrons. The van der Waals surface area contributed by atoms with Gasteiger partial charge in [-0.3, -0.25) is 0 Å². The number of aryl methyl sites for hydroxylation is 1. The van der Waals surface area contributed by atoms with Gasteiger partial charge in [0.05, 0.1) is 5.56 Å². The molecule has 0 aliphatic carbocycles. The summed E-state index contributed by atoms with van der Waals surface area (Å²) in [7, 11) is 0. The Morgan fingerprint density at radius 1 is 0.571 bits per heavy atom. The summed E-state index contributed by atoms with van der Waals surface area (Å²) in [5, 5.41) is 2.42. The van der Waals surface area contributed by atoms with Crippen LogP contribution < -0.4 is 0 Å². The third kappa shape index (κ3) is 3.65. The standard InChI is InChI=1S/C25H19F3/c1-2-17-3-4-23-16-22(10-9-21(23)15-17)20-7-5-18(6-8-20)19-11-13-24(14-12-19)25(26,27)28/h3-16H,2H2,1H3. The summed E-state index contributed by atoms with van der Waals surface area (Å²) in [6.45, 7) is 2.15. The van der Waals surface area contributed by atoms with Gasteiger partial charge in [0.25, 0.3) is 0 Å². The summed E-state index contributed by atoms with van der Waals surface area (Å²) in [4.78, 5) is 0. The van der Waals surface area contributed by atoms with E-state index in [1.165, 1.54) is 28.5 Å². The lowest BCUT2D eigenvalue weighted by molar-refractivity contribution is -0.137. The van der Waals surface area contributed by atoms with Crippen LogP contribution in [0, 0.1) is 0 Å². The van der Waals surface area contributed by atoms with Crippen molar-refractivity contribution in [2.24, 2.45) is 0 Å². The fraction of sp³-hybridized carbons (Fsp3) is 0.120. The largest absolute Gasteiger partial charge is 0.416 e. The highest BCUT2D eigenvalue weighted by molar-refractivity contribution is 5.88. The van der Waals surface area contributed by atoms with Crippen molar-refractivity contribution in [1.82, 2.24) is 0 Å². The number of benzene rings is 4. The third-order valence-corrected chi connectivity index (χ3v) is 5.08. The van der Waals surface area contributed by atoms with Crippen molar-refractivity contribution in [3.63, 3.8) is 0 Å². The molecule has 0 atom stereocenters. The molecule has 3 heteroatoms. The molecule has 0 saturated carbocycles. The summed E-state index contributed by atoms with van der Waals surface area (Å²) in [5.74, 6) is 0. The van der Waals surface area contributed by atoms with Crippen molar-refractivity contribution < 1.29 is 13.2 Å². The molecule has 4 aromatic rings. The molecule has 0 saturated heterocycles. The molecule has 0 fully saturated rings. The van der Waals surface area contributed by atoms with Crippen LogP contribution in [-0.2, 0) is 12.6 Å². The van der Waals surface area contributed by atoms with E-state index in [-0.39, 0.29) is 0 Å². The summed E-state index contributed by atoms with van der Waals surface area (Å²) in [6.07, 6.45) is -3.29. The molecule has 0 nitrogen and oxygen atoms in total. The van der Waals surface area contributed by atoms with Gasteiger partial charge in [0.2, 0.25) is 0 Å². The van der Waals surface area contributed by atoms with Crippen LogP contribution in [0.4, 0.5) is 13.2 Å². The maximum Gasteiger partial charge on any atom is 0.416 e. The second-order valence-electron chi connectivity index (χ2n) is 6.90. The molecule has 4 rings (SSSR count). The molecular formula is C25H19F3. The smallest absolute Gasteiger partial charge is 0.166 e. The first-order chi connectivity index (χ1) is 13.4. The van der Waals surface area contributed by atoms with Gasteiger partial charge in [0.15, 0.2) is 0 Å². The molecule has 0 aliphatic heterocycles. The maximum atomic E-state index is 12.7. The Balaban J connectivity index is 1.61. The van der Waals surface area contributed by atoms with Gasteiger partial charge >= 0.3 is 6.18 Å². The number of alkyl halides is 3. The molecule has 28 heavy (non-hydrogen) atoms. The molecule has 0 spiro atoms. The summed E-state index contributed by atoms with van der Waals surface area (Å²) < 4.78 is 38.1. The van der Waals surface area contributed by atoms with Gasteiger partial charge in [-0.2, -0.15) is 13.2 Å². The molecule has 0 radical (unpaired) electrons. The second-order valence-corrected chi connectivity index (χ2v) is 6.90. The summed E-state index contributed by atoms with van der Waals surface area (Å²) >= 11 is 0. The Morgan fingerprint density at radius 2 is 1.04 bits per heavy atom. The Hall–Kier alpha value is -3.07. The maximum absolute atomic E-state index is 12.7. The summed E-state index contributed by atoms with van der Waals surface area (Å²) in [5.41, 5.74) is 4.56. The lowest BCUT2D eigenvalue weighted by Gasteiger charge is -2.09. The Labute approximate surface area is 162 Å². The van der Waals surface area contributed by atoms with E-state index in [4.69, 9.17) is 0 Å². The van der Waals surface area contributed by atoms with E-state index in [9.17, 15) is 13.2 Å². The highest BCUT2D eigenvalue weighted by Crippen LogP contribution is 2.32. The van der Waals surface area contributed by atoms with Gasteiger partial charge in [-0.15, -0.1) is 0 Å².